The van der Waals surface area contributed by atoms with Crippen LogP contribution in [0.4, 0.5) is 0 Å². The maximum absolute atomic E-state index is 12.9. The first-order valence-electron chi connectivity index (χ1n) is 8.63. The summed E-state index contributed by atoms with van der Waals surface area (Å²) in [5.74, 6) is 0.462. The van der Waals surface area contributed by atoms with Crippen LogP contribution < -0.4 is 0 Å². The van der Waals surface area contributed by atoms with E-state index in [2.05, 4.69) is 4.90 Å². The number of methoxy groups -OCH3 is 1. The molecule has 0 spiro atoms. The van der Waals surface area contributed by atoms with E-state index in [0.29, 0.717) is 24.4 Å². The highest BCUT2D eigenvalue weighted by Crippen LogP contribution is 2.37. The molecule has 0 heterocycles. The van der Waals surface area contributed by atoms with E-state index in [1.165, 1.54) is 7.11 Å². The van der Waals surface area contributed by atoms with Gasteiger partial charge in [-0.3, -0.25) is 9.59 Å². The zero-order valence-corrected chi connectivity index (χ0v) is 13.7. The topological polar surface area (TPSA) is 46.6 Å². The number of amides is 1. The van der Waals surface area contributed by atoms with Crippen molar-refractivity contribution in [2.24, 2.45) is 5.92 Å². The molecule has 0 radical (unpaired) electrons. The maximum Gasteiger partial charge on any atom is 0.305 e. The lowest BCUT2D eigenvalue weighted by Gasteiger charge is -2.37. The van der Waals surface area contributed by atoms with Crippen LogP contribution in [0.5, 0.6) is 0 Å². The smallest absolute Gasteiger partial charge is 0.305 e. The van der Waals surface area contributed by atoms with Crippen molar-refractivity contribution in [3.63, 3.8) is 0 Å². The Morgan fingerprint density at radius 1 is 1.00 bits per heavy atom. The van der Waals surface area contributed by atoms with Crippen molar-refractivity contribution in [3.8, 4) is 0 Å². The second-order valence-corrected chi connectivity index (χ2v) is 6.76. The molecular formula is C19H25NO3. The first kappa shape index (κ1) is 16.0. The molecule has 1 amide bonds. The minimum Gasteiger partial charge on any atom is -0.469 e. The third kappa shape index (κ3) is 3.92. The second kappa shape index (κ2) is 7.16. The number of hydrogen-bond donors (Lipinski definition) is 0. The summed E-state index contributed by atoms with van der Waals surface area (Å²) in [6.07, 6.45) is 6.77. The van der Waals surface area contributed by atoms with Gasteiger partial charge < -0.3 is 9.64 Å². The van der Waals surface area contributed by atoms with Crippen LogP contribution in [0.15, 0.2) is 30.3 Å². The SMILES string of the molecule is COC(=O)CC1CCC(N(C(=O)c2ccccc2)C2CC2)CC1. The average Bonchev–Trinajstić information content (AvgIpc) is 3.42. The lowest BCUT2D eigenvalue weighted by molar-refractivity contribution is -0.142. The molecule has 0 unspecified atom stereocenters. The summed E-state index contributed by atoms with van der Waals surface area (Å²) in [5, 5.41) is 0. The van der Waals surface area contributed by atoms with E-state index in [4.69, 9.17) is 4.74 Å². The zero-order chi connectivity index (χ0) is 16.2. The zero-order valence-electron chi connectivity index (χ0n) is 13.7. The molecule has 2 aliphatic rings. The van der Waals surface area contributed by atoms with Crippen molar-refractivity contribution >= 4 is 11.9 Å². The molecule has 4 heteroatoms. The molecule has 0 bridgehead atoms. The third-order valence-electron chi connectivity index (χ3n) is 5.09. The van der Waals surface area contributed by atoms with Gasteiger partial charge in [0.2, 0.25) is 0 Å². The minimum atomic E-state index is -0.118. The number of nitrogens with zero attached hydrogens (tertiary/aromatic N) is 1. The predicted octanol–water partition coefficient (Wildman–Crippen LogP) is 3.41. The highest BCUT2D eigenvalue weighted by atomic mass is 16.5. The van der Waals surface area contributed by atoms with Crippen molar-refractivity contribution in [3.05, 3.63) is 35.9 Å². The number of esters is 1. The minimum absolute atomic E-state index is 0.118. The fourth-order valence-corrected chi connectivity index (χ4v) is 3.66. The first-order valence-corrected chi connectivity index (χ1v) is 8.63. The molecular weight excluding hydrogens is 290 g/mol. The molecule has 0 aromatic heterocycles. The molecule has 23 heavy (non-hydrogen) atoms. The summed E-state index contributed by atoms with van der Waals surface area (Å²) in [6.45, 7) is 0. The van der Waals surface area contributed by atoms with E-state index in [1.807, 2.05) is 30.3 Å². The highest BCUT2D eigenvalue weighted by Gasteiger charge is 2.39. The van der Waals surface area contributed by atoms with Gasteiger partial charge in [-0.05, 0) is 56.6 Å². The van der Waals surface area contributed by atoms with Crippen LogP contribution in [-0.4, -0.2) is 36.0 Å². The Bertz CT molecular complexity index is 545. The Balaban J connectivity index is 1.62. The third-order valence-corrected chi connectivity index (χ3v) is 5.09. The summed E-state index contributed by atoms with van der Waals surface area (Å²) in [6, 6.07) is 10.3. The van der Waals surface area contributed by atoms with Gasteiger partial charge in [-0.15, -0.1) is 0 Å². The maximum atomic E-state index is 12.9. The molecule has 0 saturated heterocycles. The highest BCUT2D eigenvalue weighted by molar-refractivity contribution is 5.94. The van der Waals surface area contributed by atoms with Gasteiger partial charge in [-0.25, -0.2) is 0 Å². The molecule has 0 atom stereocenters. The van der Waals surface area contributed by atoms with Gasteiger partial charge in [-0.1, -0.05) is 18.2 Å². The van der Waals surface area contributed by atoms with E-state index in [-0.39, 0.29) is 11.9 Å². The molecule has 2 aliphatic carbocycles. The number of carbonyl (C=O) groups is 2. The van der Waals surface area contributed by atoms with Crippen molar-refractivity contribution in [2.45, 2.75) is 57.0 Å². The molecule has 0 N–H and O–H groups in total. The number of benzene rings is 1. The molecule has 3 rings (SSSR count). The second-order valence-electron chi connectivity index (χ2n) is 6.76. The standard InChI is InChI=1S/C19H25NO3/c1-23-18(21)13-14-7-9-16(10-8-14)20(17-11-12-17)19(22)15-5-3-2-4-6-15/h2-6,14,16-17H,7-13H2,1H3. The summed E-state index contributed by atoms with van der Waals surface area (Å²) in [5.41, 5.74) is 0.788. The largest absolute Gasteiger partial charge is 0.469 e. The van der Waals surface area contributed by atoms with E-state index in [1.54, 1.807) is 0 Å². The number of carbonyl (C=O) groups excluding carboxylic acids is 2. The number of ether oxygens (including phenoxy) is 1. The van der Waals surface area contributed by atoms with Gasteiger partial charge >= 0.3 is 5.97 Å². The fraction of sp³-hybridized carbons (Fsp3) is 0.579. The molecule has 1 aromatic carbocycles. The predicted molar refractivity (Wildman–Crippen MR) is 88.0 cm³/mol. The first-order chi connectivity index (χ1) is 11.2. The summed E-state index contributed by atoms with van der Waals surface area (Å²) < 4.78 is 4.77. The van der Waals surface area contributed by atoms with Gasteiger partial charge in [0, 0.05) is 24.1 Å². The monoisotopic (exact) mass is 315 g/mol. The molecule has 2 fully saturated rings. The van der Waals surface area contributed by atoms with Crippen molar-refractivity contribution in [1.29, 1.82) is 0 Å². The Kier molecular flexibility index (Phi) is 4.99. The van der Waals surface area contributed by atoms with Crippen molar-refractivity contribution in [2.75, 3.05) is 7.11 Å². The lowest BCUT2D eigenvalue weighted by Crippen LogP contribution is -2.44. The summed E-state index contributed by atoms with van der Waals surface area (Å²) in [7, 11) is 1.45. The van der Waals surface area contributed by atoms with E-state index >= 15 is 0 Å². The van der Waals surface area contributed by atoms with E-state index < -0.39 is 0 Å². The lowest BCUT2D eigenvalue weighted by atomic mass is 9.83. The van der Waals surface area contributed by atoms with Gasteiger partial charge in [0.05, 0.1) is 7.11 Å². The van der Waals surface area contributed by atoms with Gasteiger partial charge in [-0.2, -0.15) is 0 Å². The molecule has 2 saturated carbocycles. The van der Waals surface area contributed by atoms with Crippen LogP contribution >= 0.6 is 0 Å². The Morgan fingerprint density at radius 2 is 1.57 bits per heavy atom. The van der Waals surface area contributed by atoms with E-state index in [0.717, 1.165) is 44.1 Å². The normalized spacial score (nSPS) is 24.0. The number of hydrogen-bond acceptors (Lipinski definition) is 3. The summed E-state index contributed by atoms with van der Waals surface area (Å²) >= 11 is 0. The van der Waals surface area contributed by atoms with Crippen LogP contribution in [0.1, 0.15) is 55.3 Å². The van der Waals surface area contributed by atoms with Gasteiger partial charge in [0.25, 0.3) is 5.91 Å². The fourth-order valence-electron chi connectivity index (χ4n) is 3.66. The molecule has 1 aromatic rings. The Morgan fingerprint density at radius 3 is 2.09 bits per heavy atom. The van der Waals surface area contributed by atoms with Gasteiger partial charge in [0.15, 0.2) is 0 Å². The molecule has 0 aliphatic heterocycles. The summed E-state index contributed by atoms with van der Waals surface area (Å²) in [4.78, 5) is 26.4. The van der Waals surface area contributed by atoms with Gasteiger partial charge in [0.1, 0.15) is 0 Å². The average molecular weight is 315 g/mol. The quantitative estimate of drug-likeness (QED) is 0.782. The molecule has 4 nitrogen and oxygen atoms in total. The van der Waals surface area contributed by atoms with Crippen LogP contribution in [0, 0.1) is 5.92 Å². The number of rotatable bonds is 5. The molecule has 124 valence electrons. The van der Waals surface area contributed by atoms with Crippen LogP contribution in [0.3, 0.4) is 0 Å². The Hall–Kier alpha value is -1.84. The van der Waals surface area contributed by atoms with Crippen molar-refractivity contribution in [1.82, 2.24) is 4.90 Å². The van der Waals surface area contributed by atoms with Crippen LogP contribution in [-0.2, 0) is 9.53 Å². The Labute approximate surface area is 137 Å². The van der Waals surface area contributed by atoms with Crippen molar-refractivity contribution < 1.29 is 14.3 Å². The van der Waals surface area contributed by atoms with E-state index in [9.17, 15) is 9.59 Å². The van der Waals surface area contributed by atoms with Crippen LogP contribution in [0.2, 0.25) is 0 Å². The van der Waals surface area contributed by atoms with Crippen LogP contribution in [0.25, 0.3) is 0 Å².